The Morgan fingerprint density at radius 1 is 1.03 bits per heavy atom. The Labute approximate surface area is 189 Å². The second-order valence-electron chi connectivity index (χ2n) is 7.35. The number of halogens is 1. The van der Waals surface area contributed by atoms with E-state index in [1.54, 1.807) is 11.0 Å². The molecule has 8 nitrogen and oxygen atoms in total. The molecular weight excluding hydrogens is 488 g/mol. The number of amides is 1. The first-order valence-corrected chi connectivity index (χ1v) is 12.0. The SMILES string of the molecule is COc1ccc(S(=O)(=O)N2CCC(N3C(=O)OCc4cc(Br)ccc43)CC2)cc1OC. The molecule has 1 amide bonds. The molecule has 2 aromatic carbocycles. The van der Waals surface area contributed by atoms with Gasteiger partial charge in [-0.05, 0) is 43.2 Å². The number of fused-ring (bicyclic) bond motifs is 1. The van der Waals surface area contributed by atoms with Crippen LogP contribution in [-0.4, -0.2) is 52.2 Å². The maximum Gasteiger partial charge on any atom is 0.414 e. The number of rotatable bonds is 5. The molecule has 2 aliphatic rings. The third-order valence-electron chi connectivity index (χ3n) is 5.63. The number of piperidine rings is 1. The molecule has 4 rings (SSSR count). The summed E-state index contributed by atoms with van der Waals surface area (Å²) in [6, 6.07) is 10.1. The van der Waals surface area contributed by atoms with Gasteiger partial charge >= 0.3 is 6.09 Å². The fourth-order valence-corrected chi connectivity index (χ4v) is 5.92. The zero-order valence-electron chi connectivity index (χ0n) is 17.2. The fraction of sp³-hybridized carbons (Fsp3) is 0.381. The van der Waals surface area contributed by atoms with Crippen LogP contribution in [0.1, 0.15) is 18.4 Å². The lowest BCUT2D eigenvalue weighted by Gasteiger charge is -2.39. The van der Waals surface area contributed by atoms with Crippen molar-refractivity contribution in [2.24, 2.45) is 0 Å². The summed E-state index contributed by atoms with van der Waals surface area (Å²) >= 11 is 3.44. The van der Waals surface area contributed by atoms with Gasteiger partial charge in [-0.2, -0.15) is 4.31 Å². The van der Waals surface area contributed by atoms with Crippen LogP contribution < -0.4 is 14.4 Å². The summed E-state index contributed by atoms with van der Waals surface area (Å²) in [5.74, 6) is 0.825. The first kappa shape index (κ1) is 21.9. The topological polar surface area (TPSA) is 85.4 Å². The van der Waals surface area contributed by atoms with Gasteiger partial charge in [0.05, 0.1) is 24.8 Å². The van der Waals surface area contributed by atoms with Gasteiger partial charge in [0, 0.05) is 35.2 Å². The van der Waals surface area contributed by atoms with Crippen molar-refractivity contribution in [3.05, 3.63) is 46.4 Å². The Hall–Kier alpha value is -2.30. The van der Waals surface area contributed by atoms with Crippen LogP contribution in [0.2, 0.25) is 0 Å². The van der Waals surface area contributed by atoms with Crippen molar-refractivity contribution in [3.63, 3.8) is 0 Å². The molecule has 166 valence electrons. The number of nitrogens with zero attached hydrogens (tertiary/aromatic N) is 2. The molecule has 0 aliphatic carbocycles. The number of benzene rings is 2. The average Bonchev–Trinajstić information content (AvgIpc) is 2.78. The van der Waals surface area contributed by atoms with Crippen molar-refractivity contribution >= 4 is 37.7 Å². The minimum absolute atomic E-state index is 0.135. The van der Waals surface area contributed by atoms with Crippen LogP contribution in [0.4, 0.5) is 10.5 Å². The predicted molar refractivity (Wildman–Crippen MR) is 118 cm³/mol. The third-order valence-corrected chi connectivity index (χ3v) is 8.02. The largest absolute Gasteiger partial charge is 0.493 e. The second kappa shape index (κ2) is 8.68. The molecular formula is C21H23BrN2O6S. The number of methoxy groups -OCH3 is 2. The van der Waals surface area contributed by atoms with Crippen LogP contribution in [0.5, 0.6) is 11.5 Å². The second-order valence-corrected chi connectivity index (χ2v) is 10.2. The normalized spacial score (nSPS) is 17.8. The van der Waals surface area contributed by atoms with Gasteiger partial charge in [-0.1, -0.05) is 15.9 Å². The van der Waals surface area contributed by atoms with E-state index in [-0.39, 0.29) is 17.5 Å². The molecule has 0 aromatic heterocycles. The van der Waals surface area contributed by atoms with Gasteiger partial charge in [0.25, 0.3) is 0 Å². The Bertz CT molecular complexity index is 1100. The molecule has 0 spiro atoms. The fourth-order valence-electron chi connectivity index (χ4n) is 4.02. The Kier molecular flexibility index (Phi) is 6.14. The molecule has 0 radical (unpaired) electrons. The van der Waals surface area contributed by atoms with E-state index in [1.807, 2.05) is 18.2 Å². The summed E-state index contributed by atoms with van der Waals surface area (Å²) in [7, 11) is -0.731. The van der Waals surface area contributed by atoms with Gasteiger partial charge in [-0.25, -0.2) is 13.2 Å². The zero-order chi connectivity index (χ0) is 22.2. The molecule has 0 saturated carbocycles. The smallest absolute Gasteiger partial charge is 0.414 e. The number of ether oxygens (including phenoxy) is 3. The van der Waals surface area contributed by atoms with Crippen LogP contribution in [-0.2, 0) is 21.4 Å². The van der Waals surface area contributed by atoms with Crippen LogP contribution >= 0.6 is 15.9 Å². The van der Waals surface area contributed by atoms with E-state index in [0.717, 1.165) is 15.7 Å². The molecule has 10 heteroatoms. The van der Waals surface area contributed by atoms with Crippen molar-refractivity contribution in [3.8, 4) is 11.5 Å². The van der Waals surface area contributed by atoms with Gasteiger partial charge in [0.1, 0.15) is 6.61 Å². The molecule has 2 heterocycles. The summed E-state index contributed by atoms with van der Waals surface area (Å²) in [5.41, 5.74) is 1.75. The van der Waals surface area contributed by atoms with Crippen LogP contribution in [0, 0.1) is 0 Å². The molecule has 0 atom stereocenters. The van der Waals surface area contributed by atoms with Gasteiger partial charge in [0.15, 0.2) is 11.5 Å². The minimum atomic E-state index is -3.70. The maximum atomic E-state index is 13.2. The highest BCUT2D eigenvalue weighted by atomic mass is 79.9. The first-order valence-electron chi connectivity index (χ1n) is 9.81. The minimum Gasteiger partial charge on any atom is -0.493 e. The van der Waals surface area contributed by atoms with Crippen molar-refractivity contribution in [2.75, 3.05) is 32.2 Å². The van der Waals surface area contributed by atoms with E-state index < -0.39 is 16.1 Å². The molecule has 0 N–H and O–H groups in total. The van der Waals surface area contributed by atoms with E-state index in [4.69, 9.17) is 14.2 Å². The number of cyclic esters (lactones) is 1. The van der Waals surface area contributed by atoms with Crippen molar-refractivity contribution < 1.29 is 27.4 Å². The highest BCUT2D eigenvalue weighted by molar-refractivity contribution is 9.10. The first-order chi connectivity index (χ1) is 14.8. The van der Waals surface area contributed by atoms with Crippen LogP contribution in [0.25, 0.3) is 0 Å². The molecule has 2 aliphatic heterocycles. The van der Waals surface area contributed by atoms with Crippen LogP contribution in [0.15, 0.2) is 45.8 Å². The lowest BCUT2D eigenvalue weighted by molar-refractivity contribution is 0.135. The molecule has 1 fully saturated rings. The van der Waals surface area contributed by atoms with Crippen molar-refractivity contribution in [1.82, 2.24) is 4.31 Å². The van der Waals surface area contributed by atoms with Gasteiger partial charge in [0.2, 0.25) is 10.0 Å². The van der Waals surface area contributed by atoms with Gasteiger partial charge in [-0.15, -0.1) is 0 Å². The van der Waals surface area contributed by atoms with E-state index in [1.165, 1.54) is 30.7 Å². The molecule has 31 heavy (non-hydrogen) atoms. The van der Waals surface area contributed by atoms with Gasteiger partial charge in [-0.3, -0.25) is 4.90 Å². The number of sulfonamides is 1. The number of carbonyl (C=O) groups is 1. The van der Waals surface area contributed by atoms with E-state index in [9.17, 15) is 13.2 Å². The monoisotopic (exact) mass is 510 g/mol. The standard InChI is InChI=1S/C21H23BrN2O6S/c1-28-19-6-4-17(12-20(19)29-2)31(26,27)23-9-7-16(8-10-23)24-18-5-3-15(22)11-14(18)13-30-21(24)25/h3-6,11-12,16H,7-10,13H2,1-2H3. The number of anilines is 1. The third kappa shape index (κ3) is 4.11. The van der Waals surface area contributed by atoms with E-state index in [0.29, 0.717) is 37.4 Å². The summed E-state index contributed by atoms with van der Waals surface area (Å²) in [4.78, 5) is 14.3. The predicted octanol–water partition coefficient (Wildman–Crippen LogP) is 3.78. The zero-order valence-corrected chi connectivity index (χ0v) is 19.6. The quantitative estimate of drug-likeness (QED) is 0.608. The lowest BCUT2D eigenvalue weighted by atomic mass is 10.0. The number of hydrogen-bond donors (Lipinski definition) is 0. The molecule has 0 unspecified atom stereocenters. The molecule has 0 bridgehead atoms. The summed E-state index contributed by atoms with van der Waals surface area (Å²) in [6.45, 7) is 0.838. The Balaban J connectivity index is 1.52. The summed E-state index contributed by atoms with van der Waals surface area (Å²) < 4.78 is 44.5. The number of carbonyl (C=O) groups excluding carboxylic acids is 1. The van der Waals surface area contributed by atoms with Crippen LogP contribution in [0.3, 0.4) is 0 Å². The van der Waals surface area contributed by atoms with E-state index >= 15 is 0 Å². The van der Waals surface area contributed by atoms with E-state index in [2.05, 4.69) is 15.9 Å². The lowest BCUT2D eigenvalue weighted by Crippen LogP contribution is -2.50. The van der Waals surface area contributed by atoms with Crippen molar-refractivity contribution in [1.29, 1.82) is 0 Å². The number of hydrogen-bond acceptors (Lipinski definition) is 6. The Morgan fingerprint density at radius 3 is 2.42 bits per heavy atom. The molecule has 2 aromatic rings. The summed E-state index contributed by atoms with van der Waals surface area (Å²) in [5, 5.41) is 0. The summed E-state index contributed by atoms with van der Waals surface area (Å²) in [6.07, 6.45) is 0.629. The highest BCUT2D eigenvalue weighted by Gasteiger charge is 2.37. The average molecular weight is 511 g/mol. The van der Waals surface area contributed by atoms with Gasteiger partial charge < -0.3 is 14.2 Å². The maximum absolute atomic E-state index is 13.2. The van der Waals surface area contributed by atoms with Crippen molar-refractivity contribution in [2.45, 2.75) is 30.4 Å². The Morgan fingerprint density at radius 2 is 1.74 bits per heavy atom. The molecule has 1 saturated heterocycles. The highest BCUT2D eigenvalue weighted by Crippen LogP contribution is 2.35.